The predicted molar refractivity (Wildman–Crippen MR) is 105 cm³/mol. The van der Waals surface area contributed by atoms with E-state index in [1.807, 2.05) is 12.2 Å². The summed E-state index contributed by atoms with van der Waals surface area (Å²) in [4.78, 5) is 37.3. The molecule has 2 aliphatic rings. The van der Waals surface area contributed by atoms with E-state index in [0.717, 1.165) is 44.9 Å². The lowest BCUT2D eigenvalue weighted by atomic mass is 9.93. The fourth-order valence-corrected chi connectivity index (χ4v) is 3.81. The Morgan fingerprint density at radius 2 is 2.04 bits per heavy atom. The molecule has 2 rings (SSSR count). The SMILES string of the molecule is CC(CO)NC(=O)CC1CC=CCCCCC(=O)OCC2(CCCC2)NC1=O. The first-order valence-corrected chi connectivity index (χ1v) is 10.5. The van der Waals surface area contributed by atoms with Gasteiger partial charge in [-0.25, -0.2) is 0 Å². The third kappa shape index (κ3) is 7.26. The largest absolute Gasteiger partial charge is 0.463 e. The molecule has 1 fully saturated rings. The van der Waals surface area contributed by atoms with Gasteiger partial charge < -0.3 is 20.5 Å². The highest BCUT2D eigenvalue weighted by atomic mass is 16.5. The first kappa shape index (κ1) is 22.4. The number of aliphatic hydroxyl groups excluding tert-OH is 1. The predicted octanol–water partition coefficient (Wildman–Crippen LogP) is 1.98. The number of hydrogen-bond donors (Lipinski definition) is 3. The van der Waals surface area contributed by atoms with Crippen molar-refractivity contribution >= 4 is 17.8 Å². The van der Waals surface area contributed by atoms with E-state index in [4.69, 9.17) is 9.84 Å². The summed E-state index contributed by atoms with van der Waals surface area (Å²) in [5.41, 5.74) is -0.520. The molecule has 0 aromatic rings. The number of amides is 2. The zero-order valence-corrected chi connectivity index (χ0v) is 16.9. The Morgan fingerprint density at radius 1 is 1.29 bits per heavy atom. The Morgan fingerprint density at radius 3 is 2.75 bits per heavy atom. The van der Waals surface area contributed by atoms with E-state index >= 15 is 0 Å². The molecule has 0 radical (unpaired) electrons. The highest BCUT2D eigenvalue weighted by molar-refractivity contribution is 5.86. The maximum atomic E-state index is 13.0. The van der Waals surface area contributed by atoms with Crippen LogP contribution in [-0.4, -0.2) is 47.7 Å². The van der Waals surface area contributed by atoms with Crippen LogP contribution in [-0.2, 0) is 19.1 Å². The molecule has 1 heterocycles. The van der Waals surface area contributed by atoms with E-state index < -0.39 is 11.5 Å². The molecule has 0 bridgehead atoms. The van der Waals surface area contributed by atoms with Gasteiger partial charge in [-0.1, -0.05) is 25.0 Å². The second-order valence-electron chi connectivity index (χ2n) is 8.14. The molecule has 0 saturated heterocycles. The molecule has 2 atom stereocenters. The molecule has 2 unspecified atom stereocenters. The average molecular weight is 395 g/mol. The molecular weight excluding hydrogens is 360 g/mol. The standard InChI is InChI=1S/C21H34N2O5/c1-16(14-24)22-18(25)13-17-9-5-3-2-4-6-10-19(26)28-15-21(23-20(17)27)11-7-8-12-21/h3,5,16-17,24H,2,4,6-15H2,1H3,(H,22,25)(H,23,27). The monoisotopic (exact) mass is 394 g/mol. The molecule has 28 heavy (non-hydrogen) atoms. The Hall–Kier alpha value is -1.89. The van der Waals surface area contributed by atoms with Crippen LogP contribution in [0.15, 0.2) is 12.2 Å². The molecule has 1 aliphatic carbocycles. The van der Waals surface area contributed by atoms with E-state index in [1.165, 1.54) is 0 Å². The van der Waals surface area contributed by atoms with Crippen LogP contribution in [0.3, 0.4) is 0 Å². The smallest absolute Gasteiger partial charge is 0.305 e. The van der Waals surface area contributed by atoms with Crippen LogP contribution in [0.4, 0.5) is 0 Å². The number of nitrogens with one attached hydrogen (secondary N) is 2. The third-order valence-corrected chi connectivity index (χ3v) is 5.53. The van der Waals surface area contributed by atoms with Crippen LogP contribution < -0.4 is 10.6 Å². The number of carbonyl (C=O) groups is 3. The number of rotatable bonds is 4. The van der Waals surface area contributed by atoms with Crippen LogP contribution in [0, 0.1) is 5.92 Å². The van der Waals surface area contributed by atoms with Crippen molar-refractivity contribution in [2.24, 2.45) is 5.92 Å². The average Bonchev–Trinajstić information content (AvgIpc) is 3.12. The molecule has 158 valence electrons. The van der Waals surface area contributed by atoms with E-state index in [1.54, 1.807) is 6.92 Å². The molecule has 2 amide bonds. The van der Waals surface area contributed by atoms with E-state index in [0.29, 0.717) is 12.8 Å². The summed E-state index contributed by atoms with van der Waals surface area (Å²) >= 11 is 0. The van der Waals surface area contributed by atoms with E-state index in [9.17, 15) is 14.4 Å². The van der Waals surface area contributed by atoms with Crippen molar-refractivity contribution in [3.63, 3.8) is 0 Å². The fraction of sp³-hybridized carbons (Fsp3) is 0.762. The van der Waals surface area contributed by atoms with Crippen molar-refractivity contribution in [3.05, 3.63) is 12.2 Å². The lowest BCUT2D eigenvalue weighted by Gasteiger charge is -2.31. The Labute approximate surface area is 167 Å². The molecule has 1 saturated carbocycles. The summed E-state index contributed by atoms with van der Waals surface area (Å²) in [6.45, 7) is 1.78. The van der Waals surface area contributed by atoms with Gasteiger partial charge in [-0.15, -0.1) is 0 Å². The van der Waals surface area contributed by atoms with Crippen molar-refractivity contribution in [2.75, 3.05) is 13.2 Å². The molecule has 0 aromatic carbocycles. The van der Waals surface area contributed by atoms with Gasteiger partial charge >= 0.3 is 5.97 Å². The topological polar surface area (TPSA) is 105 Å². The molecular formula is C21H34N2O5. The summed E-state index contributed by atoms with van der Waals surface area (Å²) in [6.07, 6.45) is 11.0. The summed E-state index contributed by atoms with van der Waals surface area (Å²) in [5.74, 6) is -1.12. The summed E-state index contributed by atoms with van der Waals surface area (Å²) < 4.78 is 5.48. The van der Waals surface area contributed by atoms with Gasteiger partial charge in [0, 0.05) is 18.9 Å². The van der Waals surface area contributed by atoms with Gasteiger partial charge in [0.05, 0.1) is 18.1 Å². The second kappa shape index (κ2) is 11.2. The maximum absolute atomic E-state index is 13.0. The maximum Gasteiger partial charge on any atom is 0.305 e. The Bertz CT molecular complexity index is 569. The molecule has 3 N–H and O–H groups in total. The van der Waals surface area contributed by atoms with Crippen LogP contribution in [0.5, 0.6) is 0 Å². The molecule has 1 aliphatic heterocycles. The van der Waals surface area contributed by atoms with Crippen molar-refractivity contribution in [2.45, 2.75) is 82.7 Å². The summed E-state index contributed by atoms with van der Waals surface area (Å²) in [6, 6.07) is -0.342. The highest BCUT2D eigenvalue weighted by Gasteiger charge is 2.38. The van der Waals surface area contributed by atoms with Gasteiger partial charge in [0.15, 0.2) is 0 Å². The lowest BCUT2D eigenvalue weighted by Crippen LogP contribution is -2.52. The second-order valence-corrected chi connectivity index (χ2v) is 8.14. The van der Waals surface area contributed by atoms with Gasteiger partial charge in [0.2, 0.25) is 11.8 Å². The number of ether oxygens (including phenoxy) is 1. The minimum atomic E-state index is -0.520. The minimum Gasteiger partial charge on any atom is -0.463 e. The molecule has 0 aromatic heterocycles. The normalized spacial score (nSPS) is 24.9. The molecule has 7 nitrogen and oxygen atoms in total. The zero-order valence-electron chi connectivity index (χ0n) is 16.9. The van der Waals surface area contributed by atoms with Crippen molar-refractivity contribution in [1.82, 2.24) is 10.6 Å². The molecule has 7 heteroatoms. The minimum absolute atomic E-state index is 0.0659. The first-order valence-electron chi connectivity index (χ1n) is 10.5. The van der Waals surface area contributed by atoms with Crippen molar-refractivity contribution < 1.29 is 24.2 Å². The van der Waals surface area contributed by atoms with Gasteiger partial charge in [0.1, 0.15) is 6.61 Å². The lowest BCUT2D eigenvalue weighted by molar-refractivity contribution is -0.147. The fourth-order valence-electron chi connectivity index (χ4n) is 3.81. The Kier molecular flexibility index (Phi) is 8.96. The van der Waals surface area contributed by atoms with Crippen molar-refractivity contribution in [1.29, 1.82) is 0 Å². The highest BCUT2D eigenvalue weighted by Crippen LogP contribution is 2.31. The van der Waals surface area contributed by atoms with Crippen LogP contribution in [0.2, 0.25) is 0 Å². The van der Waals surface area contributed by atoms with Crippen molar-refractivity contribution in [3.8, 4) is 0 Å². The number of aliphatic hydroxyl groups is 1. The van der Waals surface area contributed by atoms with Crippen LogP contribution >= 0.6 is 0 Å². The quantitative estimate of drug-likeness (QED) is 0.500. The summed E-state index contributed by atoms with van der Waals surface area (Å²) in [7, 11) is 0. The molecule has 1 spiro atoms. The third-order valence-electron chi connectivity index (χ3n) is 5.53. The summed E-state index contributed by atoms with van der Waals surface area (Å²) in [5, 5.41) is 14.9. The number of cyclic esters (lactones) is 1. The first-order chi connectivity index (χ1) is 13.4. The zero-order chi connectivity index (χ0) is 20.4. The number of esters is 1. The number of allylic oxidation sites excluding steroid dienone is 2. The van der Waals surface area contributed by atoms with Gasteiger partial charge in [-0.3, -0.25) is 14.4 Å². The van der Waals surface area contributed by atoms with E-state index in [2.05, 4.69) is 10.6 Å². The Balaban J connectivity index is 2.10. The number of hydrogen-bond acceptors (Lipinski definition) is 5. The van der Waals surface area contributed by atoms with Crippen LogP contribution in [0.1, 0.15) is 71.1 Å². The van der Waals surface area contributed by atoms with E-state index in [-0.39, 0.29) is 43.5 Å². The van der Waals surface area contributed by atoms with Crippen LogP contribution in [0.25, 0.3) is 0 Å². The van der Waals surface area contributed by atoms with Gasteiger partial charge in [0.25, 0.3) is 0 Å². The number of carbonyl (C=O) groups excluding carboxylic acids is 3. The van der Waals surface area contributed by atoms with Gasteiger partial charge in [-0.05, 0) is 45.4 Å². The van der Waals surface area contributed by atoms with Gasteiger partial charge in [-0.2, -0.15) is 0 Å².